The lowest BCUT2D eigenvalue weighted by atomic mass is 9.82. The summed E-state index contributed by atoms with van der Waals surface area (Å²) >= 11 is 0.910. The first-order valence-electron chi connectivity index (χ1n) is 8.16. The smallest absolute Gasteiger partial charge is 0.363 e. The van der Waals surface area contributed by atoms with Crippen molar-refractivity contribution < 1.29 is 42.1 Å². The summed E-state index contributed by atoms with van der Waals surface area (Å²) in [6.45, 7) is 3.29. The van der Waals surface area contributed by atoms with Crippen molar-refractivity contribution in [3.63, 3.8) is 0 Å². The number of aliphatic carboxylic acids is 1. The Kier molecular flexibility index (Phi) is 5.99. The molecule has 0 aromatic carbocycles. The Morgan fingerprint density at radius 3 is 2.42 bits per heavy atom. The minimum absolute atomic E-state index is 0.0199. The first-order chi connectivity index (χ1) is 14.0. The molecule has 7 N–H and O–H groups in total. The molecule has 0 saturated carbocycles. The molecule has 0 unspecified atom stereocenters. The van der Waals surface area contributed by atoms with Gasteiger partial charge < -0.3 is 26.7 Å². The lowest BCUT2D eigenvalue weighted by Gasteiger charge is -2.49. The minimum Gasteiger partial charge on any atom is -0.478 e. The molecule has 15 nitrogen and oxygen atoms in total. The van der Waals surface area contributed by atoms with Crippen LogP contribution in [0.5, 0.6) is 0 Å². The zero-order valence-corrected chi connectivity index (χ0v) is 17.9. The second kappa shape index (κ2) is 7.75. The van der Waals surface area contributed by atoms with Crippen molar-refractivity contribution in [3.05, 3.63) is 11.1 Å². The number of aromatic nitrogens is 1. The second-order valence-corrected chi connectivity index (χ2v) is 9.14. The van der Waals surface area contributed by atoms with Crippen molar-refractivity contribution in [2.75, 3.05) is 5.73 Å². The van der Waals surface area contributed by atoms with Crippen LogP contribution in [-0.2, 0) is 34.3 Å². The number of carbonyl (C=O) groups is 4. The Morgan fingerprint density at radius 1 is 1.42 bits per heavy atom. The number of primary amides is 1. The normalized spacial score (nSPS) is 21.9. The molecule has 1 aromatic rings. The number of nitrogens with zero attached hydrogens (tertiary/aromatic N) is 3. The maximum atomic E-state index is 12.8. The monoisotopic (exact) mass is 478 g/mol. The van der Waals surface area contributed by atoms with Crippen LogP contribution in [0, 0.1) is 0 Å². The van der Waals surface area contributed by atoms with Crippen LogP contribution in [0.3, 0.4) is 0 Å². The third-order valence-electron chi connectivity index (χ3n) is 4.18. The van der Waals surface area contributed by atoms with Gasteiger partial charge in [0.05, 0.1) is 0 Å². The molecule has 1 aliphatic heterocycles. The highest BCUT2D eigenvalue weighted by Gasteiger charge is 2.66. The molecule has 2 atom stereocenters. The quantitative estimate of drug-likeness (QED) is 0.115. The lowest BCUT2D eigenvalue weighted by molar-refractivity contribution is -0.161. The van der Waals surface area contributed by atoms with E-state index in [1.807, 2.05) is 0 Å². The van der Waals surface area contributed by atoms with Crippen LogP contribution in [0.25, 0.3) is 0 Å². The number of anilines is 1. The number of carboxylic acids is 1. The number of β-lactam (4-membered cyclic amide) rings is 1. The molecule has 0 bridgehead atoms. The van der Waals surface area contributed by atoms with Gasteiger partial charge in [-0.3, -0.25) is 18.9 Å². The number of nitrogens with two attached hydrogens (primary N) is 2. The van der Waals surface area contributed by atoms with Gasteiger partial charge in [0.15, 0.2) is 16.9 Å². The maximum absolute atomic E-state index is 12.8. The van der Waals surface area contributed by atoms with E-state index < -0.39 is 56.9 Å². The summed E-state index contributed by atoms with van der Waals surface area (Å²) in [6, 6.07) is -1.95. The molecule has 17 heteroatoms. The summed E-state index contributed by atoms with van der Waals surface area (Å²) < 4.78 is 31.7. The van der Waals surface area contributed by atoms with Crippen LogP contribution in [0.1, 0.15) is 26.5 Å². The van der Waals surface area contributed by atoms with E-state index in [0.717, 1.165) is 32.1 Å². The van der Waals surface area contributed by atoms with Crippen LogP contribution in [0.4, 0.5) is 5.13 Å². The van der Waals surface area contributed by atoms with Gasteiger partial charge in [0.2, 0.25) is 11.5 Å². The third-order valence-corrected chi connectivity index (χ3v) is 5.72. The van der Waals surface area contributed by atoms with Crippen LogP contribution < -0.4 is 16.8 Å². The number of thiazole rings is 1. The highest BCUT2D eigenvalue weighted by molar-refractivity contribution is 7.84. The van der Waals surface area contributed by atoms with Gasteiger partial charge in [-0.15, -0.1) is 11.3 Å². The molecule has 0 spiro atoms. The van der Waals surface area contributed by atoms with E-state index in [2.05, 4.69) is 15.5 Å². The zero-order valence-electron chi connectivity index (χ0n) is 16.2. The van der Waals surface area contributed by atoms with Crippen LogP contribution >= 0.6 is 11.3 Å². The molecule has 31 heavy (non-hydrogen) atoms. The van der Waals surface area contributed by atoms with Gasteiger partial charge in [-0.05, 0) is 20.8 Å². The van der Waals surface area contributed by atoms with E-state index in [1.165, 1.54) is 5.38 Å². The van der Waals surface area contributed by atoms with Crippen LogP contribution in [0.15, 0.2) is 10.5 Å². The van der Waals surface area contributed by atoms with Gasteiger partial charge in [0, 0.05) is 5.38 Å². The molecule has 170 valence electrons. The van der Waals surface area contributed by atoms with E-state index in [9.17, 15) is 27.6 Å². The predicted octanol–water partition coefficient (Wildman–Crippen LogP) is -2.32. The topological polar surface area (TPSA) is 245 Å². The first-order valence-corrected chi connectivity index (χ1v) is 10.4. The van der Waals surface area contributed by atoms with E-state index in [0.29, 0.717) is 0 Å². The number of hydrogen-bond donors (Lipinski definition) is 5. The molecule has 1 aliphatic rings. The number of oxime groups is 1. The van der Waals surface area contributed by atoms with Gasteiger partial charge in [-0.1, -0.05) is 5.16 Å². The lowest BCUT2D eigenvalue weighted by Crippen LogP contribution is -2.82. The fourth-order valence-electron chi connectivity index (χ4n) is 2.49. The summed E-state index contributed by atoms with van der Waals surface area (Å²) in [4.78, 5) is 56.8. The molecular weight excluding hydrogens is 460 g/mol. The van der Waals surface area contributed by atoms with Crippen molar-refractivity contribution in [2.24, 2.45) is 10.9 Å². The SMILES string of the molecule is CC(C)(ON=C(C(=O)N[C@@]1(C)C(=O)N(S(=O)(=O)O)[C@H]1C(N)=O)c1csc(N)n1)C(=O)O. The number of carbonyl (C=O) groups excluding carboxylic acids is 3. The van der Waals surface area contributed by atoms with Gasteiger partial charge in [-0.2, -0.15) is 12.7 Å². The van der Waals surface area contributed by atoms with Crippen molar-refractivity contribution in [3.8, 4) is 0 Å². The second-order valence-electron chi connectivity index (χ2n) is 6.96. The highest BCUT2D eigenvalue weighted by atomic mass is 32.2. The fraction of sp³-hybridized carbons (Fsp3) is 0.429. The molecule has 1 aromatic heterocycles. The summed E-state index contributed by atoms with van der Waals surface area (Å²) in [5, 5.41) is 16.0. The van der Waals surface area contributed by atoms with Gasteiger partial charge in [-0.25, -0.2) is 9.78 Å². The number of nitrogens with one attached hydrogen (secondary N) is 1. The number of hydrogen-bond acceptors (Lipinski definition) is 11. The van der Waals surface area contributed by atoms with Crippen molar-refractivity contribution in [2.45, 2.75) is 38.0 Å². The Balaban J connectivity index is 2.43. The molecule has 0 radical (unpaired) electrons. The Hall–Kier alpha value is -3.31. The maximum Gasteiger partial charge on any atom is 0.363 e. The molecule has 0 aliphatic carbocycles. The van der Waals surface area contributed by atoms with E-state index >= 15 is 0 Å². The minimum atomic E-state index is -5.14. The Labute approximate surface area is 178 Å². The largest absolute Gasteiger partial charge is 0.478 e. The Morgan fingerprint density at radius 2 is 2.00 bits per heavy atom. The van der Waals surface area contributed by atoms with E-state index in [1.54, 1.807) is 0 Å². The van der Waals surface area contributed by atoms with Gasteiger partial charge in [0.1, 0.15) is 11.2 Å². The summed E-state index contributed by atoms with van der Waals surface area (Å²) in [6.07, 6.45) is 0. The molecule has 2 heterocycles. The summed E-state index contributed by atoms with van der Waals surface area (Å²) in [5.74, 6) is -5.29. The Bertz CT molecular complexity index is 1100. The number of carboxylic acid groups (broad SMARTS) is 1. The first kappa shape index (κ1) is 24.0. The molecule has 3 amide bonds. The molecule has 2 rings (SSSR count). The third kappa shape index (κ3) is 4.42. The van der Waals surface area contributed by atoms with Gasteiger partial charge in [0.25, 0.3) is 11.8 Å². The van der Waals surface area contributed by atoms with Crippen molar-refractivity contribution in [1.29, 1.82) is 0 Å². The van der Waals surface area contributed by atoms with Crippen LogP contribution in [0.2, 0.25) is 0 Å². The fourth-order valence-corrected chi connectivity index (χ4v) is 4.01. The number of nitrogen functional groups attached to an aromatic ring is 1. The average Bonchev–Trinajstić information content (AvgIpc) is 3.03. The highest BCUT2D eigenvalue weighted by Crippen LogP contribution is 2.33. The standard InChI is InChI=1S/C14H18N6O9S2/c1-13(2,11(24)25)29-19-6(5-4-30-12(16)17-5)9(22)18-14(3)7(8(15)21)20(10(14)23)31(26,27)28/h4,7H,1-3H3,(H2,15,21)(H2,16,17)(H,18,22)(H,24,25)(H,26,27,28)/t7-,14+/m0/s1. The van der Waals surface area contributed by atoms with Crippen molar-refractivity contribution >= 4 is 56.2 Å². The van der Waals surface area contributed by atoms with Crippen molar-refractivity contribution in [1.82, 2.24) is 14.6 Å². The summed E-state index contributed by atoms with van der Waals surface area (Å²) in [5.41, 5.74) is 5.85. The van der Waals surface area contributed by atoms with Gasteiger partial charge >= 0.3 is 16.3 Å². The average molecular weight is 478 g/mol. The zero-order chi connectivity index (χ0) is 23.9. The van der Waals surface area contributed by atoms with Crippen LogP contribution in [-0.4, -0.2) is 74.0 Å². The number of amides is 3. The van der Waals surface area contributed by atoms with E-state index in [-0.39, 0.29) is 15.1 Å². The molecule has 1 fully saturated rings. The molecule has 1 saturated heterocycles. The molecular formula is C14H18N6O9S2. The predicted molar refractivity (Wildman–Crippen MR) is 104 cm³/mol. The summed E-state index contributed by atoms with van der Waals surface area (Å²) in [7, 11) is -5.14. The number of rotatable bonds is 8. The van der Waals surface area contributed by atoms with E-state index in [4.69, 9.17) is 26.0 Å².